The van der Waals surface area contributed by atoms with Crippen molar-refractivity contribution in [3.63, 3.8) is 0 Å². The second kappa shape index (κ2) is 4.90. The Labute approximate surface area is 71.6 Å². The molecule has 1 fully saturated rings. The van der Waals surface area contributed by atoms with Crippen molar-refractivity contribution in [2.24, 2.45) is 0 Å². The Hall–Kier alpha value is 0.130. The van der Waals surface area contributed by atoms with Gasteiger partial charge in [-0.05, 0) is 0 Å². The normalized spacial score (nSPS) is 37.9. The Morgan fingerprint density at radius 3 is 2.45 bits per heavy atom. The predicted octanol–water partition coefficient (Wildman–Crippen LogP) is -1.52. The monoisotopic (exact) mass is 183 g/mol. The molecule has 1 saturated heterocycles. The summed E-state index contributed by atoms with van der Waals surface area (Å²) in [6, 6.07) is -0.261. The van der Waals surface area contributed by atoms with Crippen molar-refractivity contribution >= 4 is 12.4 Å². The summed E-state index contributed by atoms with van der Waals surface area (Å²) in [6.07, 6.45) is -0.732. The summed E-state index contributed by atoms with van der Waals surface area (Å²) in [5.41, 5.74) is 0. The zero-order chi connectivity index (χ0) is 7.56. The van der Waals surface area contributed by atoms with Gasteiger partial charge in [-0.3, -0.25) is 0 Å². The third-order valence-corrected chi connectivity index (χ3v) is 1.79. The van der Waals surface area contributed by atoms with Gasteiger partial charge in [-0.15, -0.1) is 12.4 Å². The maximum Gasteiger partial charge on any atom is 0.0740 e. The zero-order valence-corrected chi connectivity index (χ0v) is 6.92. The number of rotatable bonds is 1. The van der Waals surface area contributed by atoms with Gasteiger partial charge >= 0.3 is 0 Å². The fourth-order valence-electron chi connectivity index (χ4n) is 1.14. The predicted molar refractivity (Wildman–Crippen MR) is 42.8 cm³/mol. The standard InChI is InChI=1S/C6H13NO3.ClH/c8-3-5-6(10)1-4(9)2-7-5;/h4-10H,1-3H2;1H/t4-,5+,6+;/m0./s1. The fraction of sp³-hybridized carbons (Fsp3) is 1.00. The Kier molecular flexibility index (Phi) is 4.96. The first-order chi connectivity index (χ1) is 4.74. The molecule has 3 atom stereocenters. The van der Waals surface area contributed by atoms with Gasteiger partial charge in [-0.1, -0.05) is 0 Å². The highest BCUT2D eigenvalue weighted by Crippen LogP contribution is 2.07. The molecule has 0 aromatic carbocycles. The molecule has 4 N–H and O–H groups in total. The summed E-state index contributed by atoms with van der Waals surface area (Å²) >= 11 is 0. The minimum atomic E-state index is -0.617. The molecule has 0 spiro atoms. The second-order valence-electron chi connectivity index (χ2n) is 2.65. The maximum absolute atomic E-state index is 9.16. The summed E-state index contributed by atoms with van der Waals surface area (Å²) < 4.78 is 0. The van der Waals surface area contributed by atoms with Crippen molar-refractivity contribution in [2.45, 2.75) is 24.7 Å². The molecule has 0 aromatic heterocycles. The molecule has 1 rings (SSSR count). The molecule has 1 aliphatic heterocycles. The van der Waals surface area contributed by atoms with Crippen LogP contribution >= 0.6 is 12.4 Å². The van der Waals surface area contributed by atoms with Gasteiger partial charge in [-0.2, -0.15) is 0 Å². The molecular weight excluding hydrogens is 170 g/mol. The van der Waals surface area contributed by atoms with Crippen molar-refractivity contribution in [2.75, 3.05) is 13.2 Å². The molecule has 0 bridgehead atoms. The lowest BCUT2D eigenvalue weighted by atomic mass is 10.0. The molecule has 1 aliphatic rings. The van der Waals surface area contributed by atoms with Crippen molar-refractivity contribution < 1.29 is 15.3 Å². The minimum Gasteiger partial charge on any atom is -0.395 e. The van der Waals surface area contributed by atoms with Crippen LogP contribution in [0, 0.1) is 0 Å². The Balaban J connectivity index is 0.000001000. The number of nitrogens with one attached hydrogen (secondary N) is 1. The summed E-state index contributed by atoms with van der Waals surface area (Å²) in [5.74, 6) is 0. The van der Waals surface area contributed by atoms with Crippen LogP contribution in [-0.4, -0.2) is 46.7 Å². The van der Waals surface area contributed by atoms with E-state index < -0.39 is 12.2 Å². The van der Waals surface area contributed by atoms with Gasteiger partial charge in [0.05, 0.1) is 24.9 Å². The number of hydrogen-bond acceptors (Lipinski definition) is 4. The van der Waals surface area contributed by atoms with E-state index in [4.69, 9.17) is 15.3 Å². The van der Waals surface area contributed by atoms with Crippen LogP contribution in [0.2, 0.25) is 0 Å². The van der Waals surface area contributed by atoms with Gasteiger partial charge in [0.2, 0.25) is 0 Å². The molecule has 0 saturated carbocycles. The number of hydrogen-bond donors (Lipinski definition) is 4. The Morgan fingerprint density at radius 1 is 1.36 bits per heavy atom. The minimum absolute atomic E-state index is 0. The van der Waals surface area contributed by atoms with E-state index in [0.29, 0.717) is 13.0 Å². The van der Waals surface area contributed by atoms with Gasteiger partial charge in [-0.25, -0.2) is 0 Å². The third-order valence-electron chi connectivity index (χ3n) is 1.79. The van der Waals surface area contributed by atoms with Crippen LogP contribution in [0.1, 0.15) is 6.42 Å². The average molecular weight is 184 g/mol. The number of aliphatic hydroxyl groups excluding tert-OH is 3. The van der Waals surface area contributed by atoms with E-state index in [0.717, 1.165) is 0 Å². The molecule has 0 aromatic rings. The van der Waals surface area contributed by atoms with Crippen LogP contribution < -0.4 is 5.32 Å². The summed E-state index contributed by atoms with van der Waals surface area (Å²) in [5, 5.41) is 29.6. The molecule has 5 heteroatoms. The van der Waals surface area contributed by atoms with E-state index in [1.807, 2.05) is 0 Å². The van der Waals surface area contributed by atoms with Crippen LogP contribution in [0.5, 0.6) is 0 Å². The topological polar surface area (TPSA) is 72.7 Å². The van der Waals surface area contributed by atoms with Crippen LogP contribution in [0.3, 0.4) is 0 Å². The maximum atomic E-state index is 9.16. The lowest BCUT2D eigenvalue weighted by Gasteiger charge is -2.30. The molecule has 0 amide bonds. The van der Waals surface area contributed by atoms with Crippen LogP contribution in [-0.2, 0) is 0 Å². The number of piperidine rings is 1. The van der Waals surface area contributed by atoms with Crippen LogP contribution in [0.25, 0.3) is 0 Å². The number of β-amino-alcohol motifs (C(OH)–C–C–N with tert-alkyl or cyclic N) is 1. The summed E-state index contributed by atoms with van der Waals surface area (Å²) in [4.78, 5) is 0. The highest BCUT2D eigenvalue weighted by Gasteiger charge is 2.26. The Morgan fingerprint density at radius 2 is 2.00 bits per heavy atom. The van der Waals surface area contributed by atoms with E-state index in [2.05, 4.69) is 5.32 Å². The van der Waals surface area contributed by atoms with E-state index in [1.54, 1.807) is 0 Å². The molecule has 0 radical (unpaired) electrons. The Bertz CT molecular complexity index is 114. The van der Waals surface area contributed by atoms with Gasteiger partial charge in [0.25, 0.3) is 0 Å². The van der Waals surface area contributed by atoms with Gasteiger partial charge in [0.1, 0.15) is 0 Å². The molecule has 0 unspecified atom stereocenters. The number of aliphatic hydroxyl groups is 3. The van der Waals surface area contributed by atoms with Gasteiger partial charge in [0.15, 0.2) is 0 Å². The summed E-state index contributed by atoms with van der Waals surface area (Å²) in [7, 11) is 0. The third kappa shape index (κ3) is 2.92. The first kappa shape index (κ1) is 11.1. The smallest absolute Gasteiger partial charge is 0.0740 e. The highest BCUT2D eigenvalue weighted by molar-refractivity contribution is 5.85. The van der Waals surface area contributed by atoms with Crippen molar-refractivity contribution in [1.82, 2.24) is 5.32 Å². The number of halogens is 1. The molecule has 68 valence electrons. The molecule has 4 nitrogen and oxygen atoms in total. The van der Waals surface area contributed by atoms with Gasteiger partial charge in [0, 0.05) is 13.0 Å². The van der Waals surface area contributed by atoms with E-state index in [9.17, 15) is 0 Å². The molecule has 1 heterocycles. The average Bonchev–Trinajstić information content (AvgIpc) is 1.88. The first-order valence-electron chi connectivity index (χ1n) is 3.44. The first-order valence-corrected chi connectivity index (χ1v) is 3.44. The quantitative estimate of drug-likeness (QED) is 0.399. The van der Waals surface area contributed by atoms with Crippen molar-refractivity contribution in [3.8, 4) is 0 Å². The lowest BCUT2D eigenvalue weighted by molar-refractivity contribution is 0.00654. The molecule has 11 heavy (non-hydrogen) atoms. The van der Waals surface area contributed by atoms with Crippen molar-refractivity contribution in [3.05, 3.63) is 0 Å². The van der Waals surface area contributed by atoms with Gasteiger partial charge < -0.3 is 20.6 Å². The highest BCUT2D eigenvalue weighted by atomic mass is 35.5. The second-order valence-corrected chi connectivity index (χ2v) is 2.65. The lowest BCUT2D eigenvalue weighted by Crippen LogP contribution is -2.52. The van der Waals surface area contributed by atoms with Crippen LogP contribution in [0.4, 0.5) is 0 Å². The fourth-order valence-corrected chi connectivity index (χ4v) is 1.14. The molecular formula is C6H14ClNO3. The van der Waals surface area contributed by atoms with Crippen LogP contribution in [0.15, 0.2) is 0 Å². The summed E-state index contributed by atoms with van der Waals surface area (Å²) in [6.45, 7) is 0.385. The SMILES string of the molecule is Cl.OC[C@H]1NC[C@@H](O)C[C@H]1O. The van der Waals surface area contributed by atoms with Crippen molar-refractivity contribution in [1.29, 1.82) is 0 Å². The largest absolute Gasteiger partial charge is 0.395 e. The van der Waals surface area contributed by atoms with E-state index >= 15 is 0 Å². The molecule has 0 aliphatic carbocycles. The zero-order valence-electron chi connectivity index (χ0n) is 6.10. The van der Waals surface area contributed by atoms with E-state index in [-0.39, 0.29) is 25.1 Å². The van der Waals surface area contributed by atoms with E-state index in [1.165, 1.54) is 0 Å².